The van der Waals surface area contributed by atoms with Crippen LogP contribution in [0.5, 0.6) is 0 Å². The Morgan fingerprint density at radius 2 is 2.12 bits per heavy atom. The zero-order valence-corrected chi connectivity index (χ0v) is 19.9. The van der Waals surface area contributed by atoms with Gasteiger partial charge in [0.25, 0.3) is 5.91 Å². The molecule has 2 aliphatic heterocycles. The normalized spacial score (nSPS) is 23.8. The van der Waals surface area contributed by atoms with Crippen molar-refractivity contribution in [3.05, 3.63) is 36.2 Å². The van der Waals surface area contributed by atoms with E-state index in [0.29, 0.717) is 30.6 Å². The van der Waals surface area contributed by atoms with Gasteiger partial charge in [-0.15, -0.1) is 5.10 Å². The maximum Gasteiger partial charge on any atom is 0.325 e. The Morgan fingerprint density at radius 1 is 1.32 bits per heavy atom. The second kappa shape index (κ2) is 9.12. The Morgan fingerprint density at radius 3 is 2.76 bits per heavy atom. The highest BCUT2D eigenvalue weighted by molar-refractivity contribution is 7.91. The van der Waals surface area contributed by atoms with Crippen LogP contribution < -0.4 is 5.32 Å². The Balaban J connectivity index is 1.54. The number of urea groups is 1. The van der Waals surface area contributed by atoms with Crippen LogP contribution in [0.25, 0.3) is 5.69 Å². The lowest BCUT2D eigenvalue weighted by molar-refractivity contribution is -0.140. The molecule has 3 heterocycles. The first-order valence-electron chi connectivity index (χ1n) is 11.1. The SMILES string of the molecule is CCCCN(C(=O)CN1C(=O)N[C@@](C)(c2cccc(-n3cnnn3)c2)C1=O)[C@H]1CCS(=O)(=O)C1. The summed E-state index contributed by atoms with van der Waals surface area (Å²) < 4.78 is 25.4. The Bertz CT molecular complexity index is 1200. The standard InChI is InChI=1S/C21H27N7O5S/c1-3-4-9-26(17-8-10-34(32,33)13-17)18(29)12-27-19(30)21(2,23-20(27)31)15-6-5-7-16(11-15)28-14-22-24-25-28/h5-7,11,14,17H,3-4,8-10,12-13H2,1-2H3,(H,23,31)/t17-,21-/m0/s1. The van der Waals surface area contributed by atoms with Crippen molar-refractivity contribution in [2.45, 2.75) is 44.7 Å². The molecule has 2 aliphatic rings. The highest BCUT2D eigenvalue weighted by Gasteiger charge is 2.50. The molecule has 2 aromatic rings. The van der Waals surface area contributed by atoms with Crippen molar-refractivity contribution < 1.29 is 22.8 Å². The molecule has 182 valence electrons. The molecule has 2 atom stereocenters. The summed E-state index contributed by atoms with van der Waals surface area (Å²) in [6.45, 7) is 3.48. The Hall–Kier alpha value is -3.35. The van der Waals surface area contributed by atoms with Crippen LogP contribution in [0.2, 0.25) is 0 Å². The van der Waals surface area contributed by atoms with Crippen LogP contribution in [0, 0.1) is 0 Å². The van der Waals surface area contributed by atoms with E-state index in [0.717, 1.165) is 11.3 Å². The first-order chi connectivity index (χ1) is 16.1. The van der Waals surface area contributed by atoms with Crippen molar-refractivity contribution in [1.82, 2.24) is 35.3 Å². The van der Waals surface area contributed by atoms with E-state index in [9.17, 15) is 22.8 Å². The monoisotopic (exact) mass is 489 g/mol. The lowest BCUT2D eigenvalue weighted by Gasteiger charge is -2.30. The van der Waals surface area contributed by atoms with Gasteiger partial charge in [0.2, 0.25) is 5.91 Å². The number of rotatable bonds is 8. The lowest BCUT2D eigenvalue weighted by Crippen LogP contribution is -2.48. The van der Waals surface area contributed by atoms with Crippen LogP contribution in [0.15, 0.2) is 30.6 Å². The highest BCUT2D eigenvalue weighted by atomic mass is 32.2. The van der Waals surface area contributed by atoms with Crippen molar-refractivity contribution >= 4 is 27.7 Å². The predicted octanol–water partition coefficient (Wildman–Crippen LogP) is 0.245. The van der Waals surface area contributed by atoms with Crippen molar-refractivity contribution in [2.75, 3.05) is 24.6 Å². The third-order valence-corrected chi connectivity index (χ3v) is 8.08. The van der Waals surface area contributed by atoms with Crippen LogP contribution >= 0.6 is 0 Å². The Kier molecular flexibility index (Phi) is 6.39. The maximum atomic E-state index is 13.4. The number of nitrogens with zero attached hydrogens (tertiary/aromatic N) is 6. The Labute approximate surface area is 197 Å². The fourth-order valence-corrected chi connectivity index (χ4v) is 6.09. The number of nitrogens with one attached hydrogen (secondary N) is 1. The molecule has 12 nitrogen and oxygen atoms in total. The van der Waals surface area contributed by atoms with Crippen molar-refractivity contribution in [3.8, 4) is 5.69 Å². The van der Waals surface area contributed by atoms with Gasteiger partial charge in [-0.05, 0) is 47.9 Å². The first-order valence-corrected chi connectivity index (χ1v) is 12.9. The number of hydrogen-bond acceptors (Lipinski definition) is 8. The zero-order chi connectivity index (χ0) is 24.5. The topological polar surface area (TPSA) is 147 Å². The van der Waals surface area contributed by atoms with Crippen molar-refractivity contribution in [1.29, 1.82) is 0 Å². The molecule has 1 aromatic heterocycles. The van der Waals surface area contributed by atoms with Gasteiger partial charge in [-0.25, -0.2) is 17.9 Å². The summed E-state index contributed by atoms with van der Waals surface area (Å²) >= 11 is 0. The van der Waals surface area contributed by atoms with E-state index in [2.05, 4.69) is 20.8 Å². The maximum absolute atomic E-state index is 13.4. The van der Waals surface area contributed by atoms with Gasteiger partial charge in [-0.2, -0.15) is 0 Å². The number of hydrogen-bond donors (Lipinski definition) is 1. The summed E-state index contributed by atoms with van der Waals surface area (Å²) in [5, 5.41) is 13.7. The number of imide groups is 1. The van der Waals surface area contributed by atoms with Crippen LogP contribution in [0.1, 0.15) is 38.7 Å². The number of aromatic nitrogens is 4. The third-order valence-electron chi connectivity index (χ3n) is 6.33. The van der Waals surface area contributed by atoms with Gasteiger partial charge < -0.3 is 10.2 Å². The minimum atomic E-state index is -3.19. The minimum absolute atomic E-state index is 0.0341. The van der Waals surface area contributed by atoms with Gasteiger partial charge in [0.1, 0.15) is 18.4 Å². The number of carbonyl (C=O) groups excluding carboxylic acids is 3. The average Bonchev–Trinajstić information content (AvgIpc) is 3.51. The minimum Gasteiger partial charge on any atom is -0.337 e. The van der Waals surface area contributed by atoms with E-state index in [1.54, 1.807) is 31.2 Å². The molecular weight excluding hydrogens is 462 g/mol. The molecule has 2 saturated heterocycles. The van der Waals surface area contributed by atoms with E-state index < -0.39 is 45.8 Å². The zero-order valence-electron chi connectivity index (χ0n) is 19.0. The summed E-state index contributed by atoms with van der Waals surface area (Å²) in [6, 6.07) is 5.75. The largest absolute Gasteiger partial charge is 0.337 e. The van der Waals surface area contributed by atoms with E-state index in [4.69, 9.17) is 0 Å². The second-order valence-corrected chi connectivity index (χ2v) is 11.0. The number of carbonyl (C=O) groups is 3. The number of sulfone groups is 1. The fraction of sp³-hybridized carbons (Fsp3) is 0.524. The predicted molar refractivity (Wildman–Crippen MR) is 120 cm³/mol. The molecule has 0 bridgehead atoms. The summed E-state index contributed by atoms with van der Waals surface area (Å²) in [5.41, 5.74) is -0.265. The molecule has 4 rings (SSSR count). The van der Waals surface area contributed by atoms with Crippen LogP contribution in [0.3, 0.4) is 0 Å². The van der Waals surface area contributed by atoms with Gasteiger partial charge in [-0.1, -0.05) is 25.5 Å². The molecule has 34 heavy (non-hydrogen) atoms. The van der Waals surface area contributed by atoms with Crippen LogP contribution in [-0.2, 0) is 25.0 Å². The van der Waals surface area contributed by atoms with Crippen molar-refractivity contribution in [3.63, 3.8) is 0 Å². The van der Waals surface area contributed by atoms with E-state index in [1.165, 1.54) is 15.9 Å². The molecule has 0 saturated carbocycles. The van der Waals surface area contributed by atoms with Crippen molar-refractivity contribution in [2.24, 2.45) is 0 Å². The molecule has 0 radical (unpaired) electrons. The number of unbranched alkanes of at least 4 members (excludes halogenated alkanes) is 1. The van der Waals surface area contributed by atoms with E-state index in [1.807, 2.05) is 6.92 Å². The number of tetrazole rings is 1. The molecule has 0 spiro atoms. The van der Waals surface area contributed by atoms with Crippen LogP contribution in [0.4, 0.5) is 4.79 Å². The summed E-state index contributed by atoms with van der Waals surface area (Å²) in [6.07, 6.45) is 3.29. The smallest absolute Gasteiger partial charge is 0.325 e. The molecule has 0 aliphatic carbocycles. The van der Waals surface area contributed by atoms with E-state index in [-0.39, 0.29) is 11.5 Å². The number of amides is 4. The highest BCUT2D eigenvalue weighted by Crippen LogP contribution is 2.30. The molecule has 1 aromatic carbocycles. The fourth-order valence-electron chi connectivity index (χ4n) is 4.36. The van der Waals surface area contributed by atoms with Gasteiger partial charge in [0, 0.05) is 12.6 Å². The third kappa shape index (κ3) is 4.52. The van der Waals surface area contributed by atoms with Gasteiger partial charge in [0.15, 0.2) is 9.84 Å². The summed E-state index contributed by atoms with van der Waals surface area (Å²) in [4.78, 5) is 41.7. The van der Waals surface area contributed by atoms with Gasteiger partial charge in [-0.3, -0.25) is 14.5 Å². The molecule has 13 heteroatoms. The average molecular weight is 490 g/mol. The first kappa shape index (κ1) is 23.8. The van der Waals surface area contributed by atoms with Gasteiger partial charge >= 0.3 is 6.03 Å². The molecule has 1 N–H and O–H groups in total. The molecular formula is C21H27N7O5S. The molecule has 2 fully saturated rings. The number of benzene rings is 1. The van der Waals surface area contributed by atoms with Gasteiger partial charge in [0.05, 0.1) is 17.2 Å². The summed E-state index contributed by atoms with van der Waals surface area (Å²) in [5.74, 6) is -1.06. The lowest BCUT2D eigenvalue weighted by atomic mass is 9.91. The molecule has 4 amide bonds. The summed E-state index contributed by atoms with van der Waals surface area (Å²) in [7, 11) is -3.19. The quantitative estimate of drug-likeness (QED) is 0.519. The van der Waals surface area contributed by atoms with Crippen LogP contribution in [-0.4, -0.2) is 86.9 Å². The second-order valence-electron chi connectivity index (χ2n) is 8.75. The van der Waals surface area contributed by atoms with E-state index >= 15 is 0 Å². The molecule has 0 unspecified atom stereocenters.